The number of carbonyl (C=O) groups excluding carboxylic acids is 1. The number of ether oxygens (including phenoxy) is 1. The normalized spacial score (nSPS) is 35.2. The first-order chi connectivity index (χ1) is 8.33. The number of halogens is 1. The summed E-state index contributed by atoms with van der Waals surface area (Å²) in [7, 11) is 0. The van der Waals surface area contributed by atoms with Crippen LogP contribution in [0.4, 0.5) is 0 Å². The predicted molar refractivity (Wildman–Crippen MR) is 71.9 cm³/mol. The van der Waals surface area contributed by atoms with Crippen molar-refractivity contribution in [3.8, 4) is 0 Å². The summed E-state index contributed by atoms with van der Waals surface area (Å²) < 4.78 is 5.86. The minimum absolute atomic E-state index is 0. The monoisotopic (exact) mass is 274 g/mol. The largest absolute Gasteiger partial charge is 0.376 e. The smallest absolute Gasteiger partial charge is 0.220 e. The lowest BCUT2D eigenvalue weighted by atomic mass is 9.86. The van der Waals surface area contributed by atoms with Crippen LogP contribution in [0.15, 0.2) is 0 Å². The summed E-state index contributed by atoms with van der Waals surface area (Å²) in [6, 6.07) is 0.181. The molecular formula is C13H23ClN2O2. The van der Waals surface area contributed by atoms with Crippen molar-refractivity contribution in [2.24, 2.45) is 11.8 Å². The molecule has 4 nitrogen and oxygen atoms in total. The van der Waals surface area contributed by atoms with Crippen molar-refractivity contribution in [2.75, 3.05) is 19.7 Å². The van der Waals surface area contributed by atoms with Crippen molar-refractivity contribution in [3.05, 3.63) is 0 Å². The standard InChI is InChI=1S/C13H22N2O2.ClH/c16-12(6-9-3-4-9)15-11-8-14-7-10-2-1-5-17-13(10)11;/h9-11,13-14H,1-8H2,(H,15,16);1H/t10-,11+,13-;/m0./s1. The molecular weight excluding hydrogens is 252 g/mol. The van der Waals surface area contributed by atoms with Gasteiger partial charge < -0.3 is 15.4 Å². The first-order valence-electron chi connectivity index (χ1n) is 6.94. The lowest BCUT2D eigenvalue weighted by Gasteiger charge is -2.41. The average molecular weight is 275 g/mol. The van der Waals surface area contributed by atoms with Crippen LogP contribution >= 0.6 is 12.4 Å². The quantitative estimate of drug-likeness (QED) is 0.810. The molecule has 3 fully saturated rings. The molecule has 1 saturated carbocycles. The van der Waals surface area contributed by atoms with Gasteiger partial charge in [-0.2, -0.15) is 0 Å². The zero-order chi connectivity index (χ0) is 11.7. The second kappa shape index (κ2) is 6.22. The van der Waals surface area contributed by atoms with E-state index in [1.807, 2.05) is 0 Å². The van der Waals surface area contributed by atoms with Crippen molar-refractivity contribution >= 4 is 18.3 Å². The van der Waals surface area contributed by atoms with Crippen LogP contribution in [0.25, 0.3) is 0 Å². The van der Waals surface area contributed by atoms with Crippen LogP contribution in [0.2, 0.25) is 0 Å². The molecule has 0 bridgehead atoms. The number of rotatable bonds is 3. The number of hydrogen-bond donors (Lipinski definition) is 2. The fourth-order valence-corrected chi connectivity index (χ4v) is 3.05. The molecule has 3 atom stereocenters. The van der Waals surface area contributed by atoms with E-state index < -0.39 is 0 Å². The third kappa shape index (κ3) is 3.37. The van der Waals surface area contributed by atoms with E-state index >= 15 is 0 Å². The van der Waals surface area contributed by atoms with Gasteiger partial charge in [-0.3, -0.25) is 4.79 Å². The number of fused-ring (bicyclic) bond motifs is 1. The number of nitrogens with one attached hydrogen (secondary N) is 2. The highest BCUT2D eigenvalue weighted by Gasteiger charge is 2.37. The van der Waals surface area contributed by atoms with Gasteiger partial charge in [0.2, 0.25) is 5.91 Å². The van der Waals surface area contributed by atoms with Gasteiger partial charge in [-0.15, -0.1) is 12.4 Å². The van der Waals surface area contributed by atoms with E-state index in [1.165, 1.54) is 19.3 Å². The van der Waals surface area contributed by atoms with Crippen molar-refractivity contribution in [1.82, 2.24) is 10.6 Å². The van der Waals surface area contributed by atoms with Gasteiger partial charge in [0.25, 0.3) is 0 Å². The Bertz CT molecular complexity index is 295. The van der Waals surface area contributed by atoms with Crippen molar-refractivity contribution in [2.45, 2.75) is 44.2 Å². The van der Waals surface area contributed by atoms with Gasteiger partial charge in [0.15, 0.2) is 0 Å². The predicted octanol–water partition coefficient (Wildman–Crippen LogP) is 1.09. The van der Waals surface area contributed by atoms with Gasteiger partial charge in [-0.1, -0.05) is 0 Å². The lowest BCUT2D eigenvalue weighted by Crippen LogP contribution is -2.60. The number of hydrogen-bond acceptors (Lipinski definition) is 3. The third-order valence-corrected chi connectivity index (χ3v) is 4.18. The summed E-state index contributed by atoms with van der Waals surface area (Å²) in [6.45, 7) is 2.76. The summed E-state index contributed by atoms with van der Waals surface area (Å²) >= 11 is 0. The summed E-state index contributed by atoms with van der Waals surface area (Å²) in [5.74, 6) is 1.47. The topological polar surface area (TPSA) is 50.4 Å². The molecule has 0 unspecified atom stereocenters. The molecule has 18 heavy (non-hydrogen) atoms. The molecule has 2 heterocycles. The molecule has 0 aromatic rings. The summed E-state index contributed by atoms with van der Waals surface area (Å²) in [4.78, 5) is 11.8. The zero-order valence-corrected chi connectivity index (χ0v) is 11.5. The maximum Gasteiger partial charge on any atom is 0.220 e. The van der Waals surface area contributed by atoms with E-state index in [-0.39, 0.29) is 30.5 Å². The molecule has 2 N–H and O–H groups in total. The van der Waals surface area contributed by atoms with Crippen LogP contribution in [0.3, 0.4) is 0 Å². The highest BCUT2D eigenvalue weighted by molar-refractivity contribution is 5.85. The minimum atomic E-state index is 0. The SMILES string of the molecule is Cl.O=C(CC1CC1)N[C@@H]1CNC[C@@H]2CCCO[C@@H]21. The van der Waals surface area contributed by atoms with Gasteiger partial charge >= 0.3 is 0 Å². The van der Waals surface area contributed by atoms with E-state index in [9.17, 15) is 4.79 Å². The van der Waals surface area contributed by atoms with Gasteiger partial charge in [0, 0.05) is 26.1 Å². The molecule has 3 rings (SSSR count). The average Bonchev–Trinajstić information content (AvgIpc) is 3.13. The van der Waals surface area contributed by atoms with E-state index in [0.29, 0.717) is 18.3 Å². The van der Waals surface area contributed by atoms with E-state index in [0.717, 1.165) is 26.1 Å². The molecule has 5 heteroatoms. The van der Waals surface area contributed by atoms with Crippen LogP contribution in [0.1, 0.15) is 32.1 Å². The zero-order valence-electron chi connectivity index (χ0n) is 10.7. The molecule has 1 amide bonds. The van der Waals surface area contributed by atoms with Gasteiger partial charge in [-0.25, -0.2) is 0 Å². The Morgan fingerprint density at radius 1 is 1.28 bits per heavy atom. The molecule has 0 radical (unpaired) electrons. The highest BCUT2D eigenvalue weighted by Crippen LogP contribution is 2.32. The molecule has 104 valence electrons. The Labute approximate surface area is 115 Å². The van der Waals surface area contributed by atoms with Crippen LogP contribution < -0.4 is 10.6 Å². The number of carbonyl (C=O) groups is 1. The molecule has 0 aromatic heterocycles. The Morgan fingerprint density at radius 2 is 2.11 bits per heavy atom. The van der Waals surface area contributed by atoms with Crippen molar-refractivity contribution in [1.29, 1.82) is 0 Å². The fourth-order valence-electron chi connectivity index (χ4n) is 3.05. The van der Waals surface area contributed by atoms with E-state index in [2.05, 4.69) is 10.6 Å². The molecule has 0 spiro atoms. The minimum Gasteiger partial charge on any atom is -0.376 e. The second-order valence-electron chi connectivity index (χ2n) is 5.72. The number of piperidine rings is 1. The van der Waals surface area contributed by atoms with Crippen molar-refractivity contribution in [3.63, 3.8) is 0 Å². The summed E-state index contributed by atoms with van der Waals surface area (Å²) in [6.07, 6.45) is 5.82. The van der Waals surface area contributed by atoms with E-state index in [4.69, 9.17) is 4.74 Å². The second-order valence-corrected chi connectivity index (χ2v) is 5.72. The lowest BCUT2D eigenvalue weighted by molar-refractivity contribution is -0.125. The summed E-state index contributed by atoms with van der Waals surface area (Å²) in [5.41, 5.74) is 0. The number of amides is 1. The van der Waals surface area contributed by atoms with Gasteiger partial charge in [0.1, 0.15) is 0 Å². The van der Waals surface area contributed by atoms with Gasteiger partial charge in [-0.05, 0) is 37.5 Å². The third-order valence-electron chi connectivity index (χ3n) is 4.18. The molecule has 2 aliphatic heterocycles. The first-order valence-corrected chi connectivity index (χ1v) is 6.94. The van der Waals surface area contributed by atoms with Gasteiger partial charge in [0.05, 0.1) is 12.1 Å². The van der Waals surface area contributed by atoms with Crippen LogP contribution in [-0.4, -0.2) is 37.7 Å². The Balaban J connectivity index is 0.00000120. The Hall–Kier alpha value is -0.320. The maximum atomic E-state index is 11.8. The van der Waals surface area contributed by atoms with E-state index in [1.54, 1.807) is 0 Å². The Morgan fingerprint density at radius 3 is 2.89 bits per heavy atom. The van der Waals surface area contributed by atoms with Crippen LogP contribution in [0.5, 0.6) is 0 Å². The fraction of sp³-hybridized carbons (Fsp3) is 0.923. The summed E-state index contributed by atoms with van der Waals surface area (Å²) in [5, 5.41) is 6.58. The molecule has 3 aliphatic rings. The van der Waals surface area contributed by atoms with Crippen LogP contribution in [0, 0.1) is 11.8 Å². The van der Waals surface area contributed by atoms with Crippen LogP contribution in [-0.2, 0) is 9.53 Å². The molecule has 0 aromatic carbocycles. The molecule has 1 aliphatic carbocycles. The maximum absolute atomic E-state index is 11.8. The van der Waals surface area contributed by atoms with Crippen molar-refractivity contribution < 1.29 is 9.53 Å². The molecule has 2 saturated heterocycles. The Kier molecular flexibility index (Phi) is 4.87. The highest BCUT2D eigenvalue weighted by atomic mass is 35.5. The first kappa shape index (κ1) is 14.1.